The maximum absolute atomic E-state index is 5.80. The number of nitrogens with zero attached hydrogens (tertiary/aromatic N) is 1. The van der Waals surface area contributed by atoms with Crippen molar-refractivity contribution >= 4 is 38.8 Å². The van der Waals surface area contributed by atoms with Crippen LogP contribution < -0.4 is 0 Å². The van der Waals surface area contributed by atoms with Crippen molar-refractivity contribution in [1.29, 1.82) is 0 Å². The van der Waals surface area contributed by atoms with Crippen LogP contribution in [0.25, 0.3) is 11.1 Å². The molecule has 0 saturated heterocycles. The Morgan fingerprint density at radius 1 is 1.20 bits per heavy atom. The zero-order valence-electron chi connectivity index (χ0n) is 12.2. The lowest BCUT2D eigenvalue weighted by Gasteiger charge is -2.30. The van der Waals surface area contributed by atoms with Crippen LogP contribution in [0.4, 0.5) is 0 Å². The first kappa shape index (κ1) is 15.9. The molecule has 20 heavy (non-hydrogen) atoms. The van der Waals surface area contributed by atoms with Crippen molar-refractivity contribution in [1.82, 2.24) is 4.98 Å². The van der Waals surface area contributed by atoms with E-state index in [0.717, 1.165) is 27.4 Å². The number of benzene rings is 1. The van der Waals surface area contributed by atoms with Crippen molar-refractivity contribution in [2.24, 2.45) is 5.41 Å². The predicted molar refractivity (Wildman–Crippen MR) is 90.8 cm³/mol. The van der Waals surface area contributed by atoms with E-state index >= 15 is 0 Å². The second kappa shape index (κ2) is 7.51. The van der Waals surface area contributed by atoms with Crippen LogP contribution >= 0.6 is 27.7 Å². The average Bonchev–Trinajstić information content (AvgIpc) is 2.88. The molecule has 0 amide bonds. The van der Waals surface area contributed by atoms with Crippen LogP contribution in [0.1, 0.15) is 39.5 Å². The Labute approximate surface area is 133 Å². The van der Waals surface area contributed by atoms with Crippen LogP contribution in [0.15, 0.2) is 33.9 Å². The van der Waals surface area contributed by atoms with E-state index in [9.17, 15) is 0 Å². The Morgan fingerprint density at radius 2 is 1.90 bits per heavy atom. The van der Waals surface area contributed by atoms with Gasteiger partial charge in [0.05, 0.1) is 0 Å². The van der Waals surface area contributed by atoms with E-state index in [1.165, 1.54) is 25.7 Å². The summed E-state index contributed by atoms with van der Waals surface area (Å²) in [6, 6.07) is 7.95. The Hall–Kier alpha value is -0.480. The molecule has 0 spiro atoms. The minimum Gasteiger partial charge on any atom is -0.431 e. The molecule has 2 nitrogen and oxygen atoms in total. The lowest BCUT2D eigenvalue weighted by molar-refractivity contribution is 0.319. The Balaban J connectivity index is 2.07. The predicted octanol–water partition coefficient (Wildman–Crippen LogP) is 5.90. The third-order valence-electron chi connectivity index (χ3n) is 3.62. The lowest BCUT2D eigenvalue weighted by Crippen LogP contribution is -2.25. The molecule has 0 radical (unpaired) electrons. The third kappa shape index (κ3) is 3.79. The van der Waals surface area contributed by atoms with Crippen LogP contribution in [0.2, 0.25) is 0 Å². The maximum atomic E-state index is 5.80. The van der Waals surface area contributed by atoms with Crippen molar-refractivity contribution < 1.29 is 4.42 Å². The summed E-state index contributed by atoms with van der Waals surface area (Å²) >= 11 is 5.47. The number of oxazole rings is 1. The molecule has 110 valence electrons. The molecule has 0 atom stereocenters. The SMILES string of the molecule is CCCC(CBr)(CCC)CSc1nc2ccccc2o1. The molecule has 0 saturated carbocycles. The standard InChI is InChI=1S/C16H22BrNOS/c1-3-9-16(11-17,10-4-2)12-20-15-18-13-7-5-6-8-14(13)19-15/h5-8H,3-4,9-12H2,1-2H3. The van der Waals surface area contributed by atoms with Gasteiger partial charge in [0.15, 0.2) is 5.58 Å². The van der Waals surface area contributed by atoms with E-state index in [-0.39, 0.29) is 0 Å². The molecule has 0 bridgehead atoms. The van der Waals surface area contributed by atoms with Crippen LogP contribution in [0.3, 0.4) is 0 Å². The molecule has 2 aromatic rings. The quantitative estimate of drug-likeness (QED) is 0.435. The molecular formula is C16H22BrNOS. The first-order chi connectivity index (χ1) is 9.73. The molecular weight excluding hydrogens is 334 g/mol. The molecule has 2 rings (SSSR count). The molecule has 1 aromatic carbocycles. The number of hydrogen-bond donors (Lipinski definition) is 0. The van der Waals surface area contributed by atoms with E-state index in [1.54, 1.807) is 11.8 Å². The Morgan fingerprint density at radius 3 is 2.50 bits per heavy atom. The van der Waals surface area contributed by atoms with Crippen molar-refractivity contribution in [3.8, 4) is 0 Å². The summed E-state index contributed by atoms with van der Waals surface area (Å²) < 4.78 is 5.80. The number of alkyl halides is 1. The van der Waals surface area contributed by atoms with E-state index in [2.05, 4.69) is 34.8 Å². The topological polar surface area (TPSA) is 26.0 Å². The summed E-state index contributed by atoms with van der Waals surface area (Å²) in [7, 11) is 0. The fourth-order valence-corrected chi connectivity index (χ4v) is 4.78. The van der Waals surface area contributed by atoms with Gasteiger partial charge in [0.25, 0.3) is 5.22 Å². The number of thioether (sulfide) groups is 1. The molecule has 1 aromatic heterocycles. The minimum absolute atomic E-state index is 0.356. The van der Waals surface area contributed by atoms with E-state index in [4.69, 9.17) is 4.42 Å². The zero-order chi connectivity index (χ0) is 14.4. The minimum atomic E-state index is 0.356. The number of halogens is 1. The van der Waals surface area contributed by atoms with Gasteiger partial charge < -0.3 is 4.42 Å². The van der Waals surface area contributed by atoms with Gasteiger partial charge >= 0.3 is 0 Å². The van der Waals surface area contributed by atoms with E-state index in [1.807, 2.05) is 24.3 Å². The summed E-state index contributed by atoms with van der Waals surface area (Å²) in [5, 5.41) is 1.85. The second-order valence-corrected chi connectivity index (χ2v) is 6.86. The highest BCUT2D eigenvalue weighted by atomic mass is 79.9. The van der Waals surface area contributed by atoms with Crippen molar-refractivity contribution in [3.05, 3.63) is 24.3 Å². The summed E-state index contributed by atoms with van der Waals surface area (Å²) in [6.45, 7) is 4.52. The maximum Gasteiger partial charge on any atom is 0.256 e. The smallest absolute Gasteiger partial charge is 0.256 e. The highest BCUT2D eigenvalue weighted by Gasteiger charge is 2.28. The Kier molecular flexibility index (Phi) is 5.97. The normalized spacial score (nSPS) is 12.2. The largest absolute Gasteiger partial charge is 0.431 e. The lowest BCUT2D eigenvalue weighted by atomic mass is 9.83. The fourth-order valence-electron chi connectivity index (χ4n) is 2.63. The van der Waals surface area contributed by atoms with E-state index < -0.39 is 0 Å². The molecule has 0 aliphatic rings. The summed E-state index contributed by atoms with van der Waals surface area (Å²) in [4.78, 5) is 4.55. The van der Waals surface area contributed by atoms with Crippen LogP contribution in [0, 0.1) is 5.41 Å². The fraction of sp³-hybridized carbons (Fsp3) is 0.562. The van der Waals surface area contributed by atoms with Gasteiger partial charge in [0.1, 0.15) is 5.52 Å². The van der Waals surface area contributed by atoms with Gasteiger partial charge in [-0.2, -0.15) is 0 Å². The molecule has 4 heteroatoms. The third-order valence-corrected chi connectivity index (χ3v) is 5.99. The molecule has 0 N–H and O–H groups in total. The molecule has 1 heterocycles. The number of para-hydroxylation sites is 2. The summed E-state index contributed by atoms with van der Waals surface area (Å²) in [6.07, 6.45) is 4.94. The van der Waals surface area contributed by atoms with Crippen molar-refractivity contribution in [3.63, 3.8) is 0 Å². The van der Waals surface area contributed by atoms with Gasteiger partial charge in [0, 0.05) is 11.1 Å². The monoisotopic (exact) mass is 355 g/mol. The van der Waals surface area contributed by atoms with Gasteiger partial charge in [-0.1, -0.05) is 66.5 Å². The highest BCUT2D eigenvalue weighted by Crippen LogP contribution is 2.38. The zero-order valence-corrected chi connectivity index (χ0v) is 14.6. The molecule has 0 aliphatic carbocycles. The first-order valence-corrected chi connectivity index (χ1v) is 9.38. The van der Waals surface area contributed by atoms with Gasteiger partial charge in [-0.05, 0) is 30.4 Å². The molecule has 0 aliphatic heterocycles. The number of fused-ring (bicyclic) bond motifs is 1. The van der Waals surface area contributed by atoms with Crippen molar-refractivity contribution in [2.45, 2.75) is 44.8 Å². The first-order valence-electron chi connectivity index (χ1n) is 7.27. The summed E-state index contributed by atoms with van der Waals surface area (Å²) in [5.74, 6) is 1.06. The second-order valence-electron chi connectivity index (χ2n) is 5.37. The average molecular weight is 356 g/mol. The number of hydrogen-bond acceptors (Lipinski definition) is 3. The van der Waals surface area contributed by atoms with Crippen LogP contribution in [-0.4, -0.2) is 16.1 Å². The number of rotatable bonds is 8. The number of aromatic nitrogens is 1. The van der Waals surface area contributed by atoms with Crippen LogP contribution in [-0.2, 0) is 0 Å². The van der Waals surface area contributed by atoms with Gasteiger partial charge in [0.2, 0.25) is 0 Å². The van der Waals surface area contributed by atoms with Gasteiger partial charge in [-0.3, -0.25) is 0 Å². The van der Waals surface area contributed by atoms with Gasteiger partial charge in [-0.25, -0.2) is 4.98 Å². The van der Waals surface area contributed by atoms with Crippen LogP contribution in [0.5, 0.6) is 0 Å². The van der Waals surface area contributed by atoms with Crippen molar-refractivity contribution in [2.75, 3.05) is 11.1 Å². The molecule has 0 fully saturated rings. The highest BCUT2D eigenvalue weighted by molar-refractivity contribution is 9.09. The van der Waals surface area contributed by atoms with E-state index in [0.29, 0.717) is 5.41 Å². The molecule has 0 unspecified atom stereocenters. The van der Waals surface area contributed by atoms with Gasteiger partial charge in [-0.15, -0.1) is 0 Å². The Bertz CT molecular complexity index is 501. The summed E-state index contributed by atoms with van der Waals surface area (Å²) in [5.41, 5.74) is 2.19.